The van der Waals surface area contributed by atoms with E-state index in [2.05, 4.69) is 25.3 Å². The number of nitrogens with zero attached hydrogens (tertiary/aromatic N) is 8. The molecule has 2 N–H and O–H groups in total. The summed E-state index contributed by atoms with van der Waals surface area (Å²) in [5, 5.41) is 14.9. The van der Waals surface area contributed by atoms with Gasteiger partial charge in [-0.1, -0.05) is 0 Å². The van der Waals surface area contributed by atoms with Crippen LogP contribution in [0, 0.1) is 0 Å². The fourth-order valence-corrected chi connectivity index (χ4v) is 9.81. The highest BCUT2D eigenvalue weighted by atomic mass is 19.3. The molecule has 2 aromatic heterocycles. The van der Waals surface area contributed by atoms with Crippen molar-refractivity contribution in [3.8, 4) is 11.1 Å². The number of rotatable bonds is 11. The highest BCUT2D eigenvalue weighted by molar-refractivity contribution is 6.23. The van der Waals surface area contributed by atoms with Crippen LogP contribution in [0.3, 0.4) is 0 Å². The number of benzene rings is 2. The first-order valence-electron chi connectivity index (χ1n) is 21.8. The molecule has 5 aliphatic rings. The third-order valence-electron chi connectivity index (χ3n) is 13.1. The quantitative estimate of drug-likeness (QED) is 0.153. The molecule has 0 saturated carbocycles. The average molecular weight is 865 g/mol. The Kier molecular flexibility index (Phi) is 11.3. The summed E-state index contributed by atoms with van der Waals surface area (Å²) in [6, 6.07) is 7.36. The molecule has 6 amide bonds. The largest absolute Gasteiger partial charge is 0.385 e. The summed E-state index contributed by atoms with van der Waals surface area (Å²) in [5.74, 6) is -1.45. The van der Waals surface area contributed by atoms with Crippen molar-refractivity contribution < 1.29 is 37.5 Å². The Labute approximate surface area is 362 Å². The van der Waals surface area contributed by atoms with Gasteiger partial charge in [0.1, 0.15) is 6.04 Å². The van der Waals surface area contributed by atoms with Gasteiger partial charge in [0.05, 0.1) is 29.9 Å². The van der Waals surface area contributed by atoms with Crippen LogP contribution in [0.2, 0.25) is 0 Å². The minimum Gasteiger partial charge on any atom is -0.385 e. The Hall–Kier alpha value is -6.46. The van der Waals surface area contributed by atoms with E-state index in [-0.39, 0.29) is 47.4 Å². The normalized spacial score (nSPS) is 19.1. The number of nitrogens with one attached hydrogen (secondary N) is 2. The second-order valence-corrected chi connectivity index (χ2v) is 17.1. The first kappa shape index (κ1) is 41.9. The third kappa shape index (κ3) is 7.95. The number of likely N-dealkylation sites (tertiary alicyclic amines) is 1. The van der Waals surface area contributed by atoms with Crippen molar-refractivity contribution in [2.75, 3.05) is 42.9 Å². The van der Waals surface area contributed by atoms with E-state index in [0.717, 1.165) is 34.6 Å². The van der Waals surface area contributed by atoms with Gasteiger partial charge in [0.25, 0.3) is 18.2 Å². The zero-order valence-electron chi connectivity index (χ0n) is 35.4. The molecule has 63 heavy (non-hydrogen) atoms. The fraction of sp³-hybridized carbons (Fsp3) is 0.467. The molecule has 0 radical (unpaired) electrons. The Morgan fingerprint density at radius 2 is 1.70 bits per heavy atom. The Balaban J connectivity index is 0.823. The second kappa shape index (κ2) is 17.0. The minimum absolute atomic E-state index is 0.0282. The van der Waals surface area contributed by atoms with Crippen LogP contribution in [0.5, 0.6) is 0 Å². The summed E-state index contributed by atoms with van der Waals surface area (Å²) >= 11 is 0. The second-order valence-electron chi connectivity index (χ2n) is 17.1. The van der Waals surface area contributed by atoms with Crippen molar-refractivity contribution in [2.45, 2.75) is 96.2 Å². The first-order valence-corrected chi connectivity index (χ1v) is 21.8. The molecule has 0 aliphatic carbocycles. The summed E-state index contributed by atoms with van der Waals surface area (Å²) in [6.45, 7) is 4.81. The molecule has 5 aliphatic heterocycles. The molecule has 1 atom stereocenters. The third-order valence-corrected chi connectivity index (χ3v) is 13.1. The molecule has 2 aromatic carbocycles. The van der Waals surface area contributed by atoms with Gasteiger partial charge < -0.3 is 20.0 Å². The van der Waals surface area contributed by atoms with Crippen molar-refractivity contribution in [3.05, 3.63) is 76.2 Å². The number of alkyl halides is 2. The predicted octanol–water partition coefficient (Wildman–Crippen LogP) is 5.06. The van der Waals surface area contributed by atoms with E-state index >= 15 is 0 Å². The minimum atomic E-state index is -2.70. The summed E-state index contributed by atoms with van der Waals surface area (Å²) in [4.78, 5) is 82.9. The van der Waals surface area contributed by atoms with Crippen molar-refractivity contribution in [2.24, 2.45) is 7.05 Å². The maximum absolute atomic E-state index is 14.7. The van der Waals surface area contributed by atoms with Crippen molar-refractivity contribution >= 4 is 52.6 Å². The predicted molar refractivity (Wildman–Crippen MR) is 226 cm³/mol. The zero-order chi connectivity index (χ0) is 44.1. The lowest BCUT2D eigenvalue weighted by Gasteiger charge is -2.34. The van der Waals surface area contributed by atoms with E-state index in [0.29, 0.717) is 106 Å². The summed E-state index contributed by atoms with van der Waals surface area (Å²) in [5.41, 5.74) is 5.80. The molecule has 16 nitrogen and oxygen atoms in total. The lowest BCUT2D eigenvalue weighted by molar-refractivity contribution is -0.136. The number of fused-ring (bicyclic) bond motifs is 3. The molecule has 2 saturated heterocycles. The molecule has 2 fully saturated rings. The van der Waals surface area contributed by atoms with Crippen LogP contribution in [-0.2, 0) is 45.6 Å². The molecule has 1 unspecified atom stereocenters. The maximum atomic E-state index is 14.7. The van der Waals surface area contributed by atoms with Crippen LogP contribution in [0.25, 0.3) is 11.1 Å². The molecular weight excluding hydrogens is 815 g/mol. The van der Waals surface area contributed by atoms with Gasteiger partial charge in [0, 0.05) is 106 Å². The average Bonchev–Trinajstić information content (AvgIpc) is 3.95. The number of imide groups is 2. The molecule has 4 aromatic rings. The number of carbonyl (C=O) groups excluding carboxylic acids is 6. The van der Waals surface area contributed by atoms with Crippen LogP contribution in [-0.4, -0.2) is 108 Å². The van der Waals surface area contributed by atoms with Crippen LogP contribution < -0.4 is 15.5 Å². The van der Waals surface area contributed by atoms with Crippen LogP contribution in [0.1, 0.15) is 114 Å². The van der Waals surface area contributed by atoms with E-state index in [1.165, 1.54) is 0 Å². The van der Waals surface area contributed by atoms with Gasteiger partial charge in [-0.25, -0.2) is 8.78 Å². The van der Waals surface area contributed by atoms with E-state index in [9.17, 15) is 37.5 Å². The van der Waals surface area contributed by atoms with E-state index in [1.807, 2.05) is 15.9 Å². The number of amides is 6. The van der Waals surface area contributed by atoms with Gasteiger partial charge in [-0.2, -0.15) is 10.2 Å². The van der Waals surface area contributed by atoms with Crippen molar-refractivity contribution in [1.29, 1.82) is 0 Å². The highest BCUT2D eigenvalue weighted by Crippen LogP contribution is 2.44. The van der Waals surface area contributed by atoms with E-state index in [1.54, 1.807) is 55.3 Å². The molecular formula is C45H50F2N10O6. The van der Waals surface area contributed by atoms with Gasteiger partial charge in [-0.15, -0.1) is 0 Å². The van der Waals surface area contributed by atoms with Gasteiger partial charge >= 0.3 is 0 Å². The summed E-state index contributed by atoms with van der Waals surface area (Å²) in [7, 11) is 1.76. The van der Waals surface area contributed by atoms with Crippen molar-refractivity contribution in [1.82, 2.24) is 39.6 Å². The highest BCUT2D eigenvalue weighted by Gasteiger charge is 2.45. The number of unbranched alkanes of at least 4 members (excludes halogenated alkanes) is 1. The topological polar surface area (TPSA) is 175 Å². The smallest absolute Gasteiger partial charge is 0.264 e. The molecule has 18 heteroatoms. The van der Waals surface area contributed by atoms with Gasteiger partial charge in [-0.3, -0.25) is 48.3 Å². The van der Waals surface area contributed by atoms with Crippen LogP contribution >= 0.6 is 0 Å². The number of carbonyl (C=O) groups is 6. The summed E-state index contributed by atoms with van der Waals surface area (Å²) < 4.78 is 33.1. The van der Waals surface area contributed by atoms with E-state index in [4.69, 9.17) is 5.10 Å². The Morgan fingerprint density at radius 3 is 2.43 bits per heavy atom. The monoisotopic (exact) mass is 864 g/mol. The number of hydrogen-bond donors (Lipinski definition) is 2. The van der Waals surface area contributed by atoms with Gasteiger partial charge in [0.15, 0.2) is 5.82 Å². The number of aromatic nitrogens is 4. The van der Waals surface area contributed by atoms with Crippen LogP contribution in [0.15, 0.2) is 42.7 Å². The van der Waals surface area contributed by atoms with Crippen molar-refractivity contribution in [3.63, 3.8) is 0 Å². The lowest BCUT2D eigenvalue weighted by atomic mass is 9.92. The number of halogens is 2. The Bertz CT molecular complexity index is 2530. The standard InChI is InChI=1S/C45H50F2N10O6/c1-26(58)54-19-14-36-35(25-54)42(55-16-5-6-27-20-32(28-23-49-52(2)24-28)33(41(46)47)22-38(27)55)51-57(36)30-12-17-53(18-13-30)40(60)7-3-4-15-48-29-8-9-31-34(21-29)45(63)56(44(31)62)37-10-11-39(59)50-43(37)61/h8-9,20-24,30,37,41,48H,3-7,10-19,25H2,1-2H3,(H,50,59,61). The number of anilines is 3. The molecule has 0 spiro atoms. The van der Waals surface area contributed by atoms with Crippen LogP contribution in [0.4, 0.5) is 26.0 Å². The van der Waals surface area contributed by atoms with E-state index < -0.39 is 36.1 Å². The lowest BCUT2D eigenvalue weighted by Crippen LogP contribution is -2.54. The zero-order valence-corrected chi connectivity index (χ0v) is 35.4. The SMILES string of the molecule is CC(=O)N1CCc2c(c(N3CCCc4cc(-c5cnn(C)c5)c(C(F)F)cc43)nn2C2CCN(C(=O)CCCCNc3ccc4c(c3)C(=O)N(C3CCC(=O)NC3=O)C4=O)CC2)C1. The molecule has 9 rings (SSSR count). The molecule has 0 bridgehead atoms. The van der Waals surface area contributed by atoms with Gasteiger partial charge in [-0.05, 0) is 86.4 Å². The summed E-state index contributed by atoms with van der Waals surface area (Å²) in [6.07, 6.45) is 6.11. The number of piperidine rings is 2. The number of hydrogen-bond acceptors (Lipinski definition) is 10. The first-order chi connectivity index (χ1) is 30.4. The number of aryl methyl sites for hydroxylation is 2. The fourth-order valence-electron chi connectivity index (χ4n) is 9.81. The molecule has 7 heterocycles. The maximum Gasteiger partial charge on any atom is 0.264 e. The van der Waals surface area contributed by atoms with Gasteiger partial charge in [0.2, 0.25) is 23.6 Å². The molecule has 330 valence electrons. The Morgan fingerprint density at radius 1 is 0.905 bits per heavy atom.